The van der Waals surface area contributed by atoms with Gasteiger partial charge in [-0.2, -0.15) is 0 Å². The smallest absolute Gasteiger partial charge is 0.255 e. The fourth-order valence-corrected chi connectivity index (χ4v) is 4.49. The van der Waals surface area contributed by atoms with E-state index in [9.17, 15) is 18.0 Å². The van der Waals surface area contributed by atoms with E-state index in [1.54, 1.807) is 36.4 Å². The van der Waals surface area contributed by atoms with Crippen LogP contribution in [-0.2, 0) is 16.6 Å². The fourth-order valence-electron chi connectivity index (χ4n) is 2.95. The molecule has 0 unspecified atom stereocenters. The summed E-state index contributed by atoms with van der Waals surface area (Å²) in [7, 11) is -3.95. The first-order valence-electron chi connectivity index (χ1n) is 10.3. The maximum atomic E-state index is 12.8. The first kappa shape index (κ1) is 24.4. The van der Waals surface area contributed by atoms with Crippen molar-refractivity contribution in [1.29, 1.82) is 0 Å². The van der Waals surface area contributed by atoms with E-state index in [2.05, 4.69) is 15.4 Å². The van der Waals surface area contributed by atoms with E-state index in [4.69, 9.17) is 11.6 Å². The number of sulfonamides is 1. The Morgan fingerprint density at radius 2 is 1.55 bits per heavy atom. The lowest BCUT2D eigenvalue weighted by molar-refractivity contribution is 0.0953. The summed E-state index contributed by atoms with van der Waals surface area (Å²) in [5, 5.41) is 5.48. The van der Waals surface area contributed by atoms with Gasteiger partial charge in [-0.3, -0.25) is 9.59 Å². The molecular formula is C24H24ClN3O4S. The summed E-state index contributed by atoms with van der Waals surface area (Å²) in [6, 6.07) is 19.5. The van der Waals surface area contributed by atoms with Gasteiger partial charge in [0.05, 0.1) is 5.02 Å². The van der Waals surface area contributed by atoms with Crippen molar-refractivity contribution < 1.29 is 18.0 Å². The molecule has 0 aliphatic rings. The first-order chi connectivity index (χ1) is 15.8. The van der Waals surface area contributed by atoms with Crippen molar-refractivity contribution in [3.8, 4) is 0 Å². The monoisotopic (exact) mass is 485 g/mol. The zero-order valence-electron chi connectivity index (χ0n) is 18.0. The summed E-state index contributed by atoms with van der Waals surface area (Å²) in [4.78, 5) is 24.5. The van der Waals surface area contributed by atoms with Gasteiger partial charge in [-0.25, -0.2) is 13.1 Å². The van der Waals surface area contributed by atoms with E-state index in [1.165, 1.54) is 18.2 Å². The predicted molar refractivity (Wildman–Crippen MR) is 129 cm³/mol. The molecule has 2 amide bonds. The van der Waals surface area contributed by atoms with Gasteiger partial charge in [0, 0.05) is 29.9 Å². The molecule has 0 saturated heterocycles. The van der Waals surface area contributed by atoms with Gasteiger partial charge in [-0.15, -0.1) is 0 Å². The maximum absolute atomic E-state index is 12.8. The van der Waals surface area contributed by atoms with Crippen LogP contribution in [0.3, 0.4) is 0 Å². The minimum atomic E-state index is -3.95. The van der Waals surface area contributed by atoms with Crippen molar-refractivity contribution in [2.45, 2.75) is 24.8 Å². The quantitative estimate of drug-likeness (QED) is 0.422. The molecule has 0 aromatic heterocycles. The van der Waals surface area contributed by atoms with Crippen LogP contribution in [0.25, 0.3) is 0 Å². The minimum Gasteiger partial charge on any atom is -0.352 e. The van der Waals surface area contributed by atoms with Gasteiger partial charge in [0.25, 0.3) is 11.8 Å². The number of carbonyl (C=O) groups excluding carboxylic acids is 2. The second-order valence-electron chi connectivity index (χ2n) is 7.24. The molecule has 0 aliphatic heterocycles. The molecule has 33 heavy (non-hydrogen) atoms. The zero-order valence-corrected chi connectivity index (χ0v) is 19.5. The van der Waals surface area contributed by atoms with Crippen molar-refractivity contribution in [2.75, 3.05) is 11.9 Å². The maximum Gasteiger partial charge on any atom is 0.255 e. The van der Waals surface area contributed by atoms with E-state index in [1.807, 2.05) is 25.1 Å². The van der Waals surface area contributed by atoms with Crippen molar-refractivity contribution in [3.63, 3.8) is 0 Å². The molecule has 0 heterocycles. The van der Waals surface area contributed by atoms with Crippen molar-refractivity contribution in [1.82, 2.24) is 10.0 Å². The average Bonchev–Trinajstić information content (AvgIpc) is 2.82. The second kappa shape index (κ2) is 11.1. The Morgan fingerprint density at radius 1 is 0.879 bits per heavy atom. The van der Waals surface area contributed by atoms with Gasteiger partial charge >= 0.3 is 0 Å². The van der Waals surface area contributed by atoms with Crippen LogP contribution in [0.1, 0.15) is 39.6 Å². The van der Waals surface area contributed by atoms with Crippen LogP contribution in [-0.4, -0.2) is 26.8 Å². The highest BCUT2D eigenvalue weighted by molar-refractivity contribution is 7.89. The van der Waals surface area contributed by atoms with Crippen LogP contribution in [0.4, 0.5) is 5.69 Å². The van der Waals surface area contributed by atoms with Crippen LogP contribution < -0.4 is 15.4 Å². The summed E-state index contributed by atoms with van der Waals surface area (Å²) in [5.74, 6) is -0.695. The van der Waals surface area contributed by atoms with Crippen LogP contribution >= 0.6 is 11.6 Å². The standard InChI is InChI=1S/C24H24ClN3O4S/c1-2-14-26-23(29)18-8-11-20(12-9-18)28-24(30)19-10-13-21(25)22(15-19)33(31,32)27-16-17-6-4-3-5-7-17/h3-13,15,27H,2,14,16H2,1H3,(H,26,29)(H,28,30). The highest BCUT2D eigenvalue weighted by atomic mass is 35.5. The molecule has 3 N–H and O–H groups in total. The van der Waals surface area contributed by atoms with Crippen molar-refractivity contribution in [3.05, 3.63) is 94.5 Å². The number of nitrogens with one attached hydrogen (secondary N) is 3. The van der Waals surface area contributed by atoms with Crippen LogP contribution in [0.15, 0.2) is 77.7 Å². The first-order valence-corrected chi connectivity index (χ1v) is 12.2. The second-order valence-corrected chi connectivity index (χ2v) is 9.39. The van der Waals surface area contributed by atoms with E-state index in [-0.39, 0.29) is 27.9 Å². The SMILES string of the molecule is CCCNC(=O)c1ccc(NC(=O)c2ccc(Cl)c(S(=O)(=O)NCc3ccccc3)c2)cc1. The summed E-state index contributed by atoms with van der Waals surface area (Å²) in [5.41, 5.74) is 1.86. The third-order valence-electron chi connectivity index (χ3n) is 4.73. The lowest BCUT2D eigenvalue weighted by Crippen LogP contribution is -2.24. The molecule has 3 rings (SSSR count). The third kappa shape index (κ3) is 6.64. The normalized spacial score (nSPS) is 11.1. The minimum absolute atomic E-state index is 0.00885. The van der Waals surface area contributed by atoms with Gasteiger partial charge in [-0.1, -0.05) is 48.9 Å². The molecule has 0 atom stereocenters. The molecule has 0 radical (unpaired) electrons. The predicted octanol–water partition coefficient (Wildman–Crippen LogP) is 4.21. The number of halogens is 1. The lowest BCUT2D eigenvalue weighted by atomic mass is 10.1. The Balaban J connectivity index is 1.71. The third-order valence-corrected chi connectivity index (χ3v) is 6.62. The molecule has 7 nitrogen and oxygen atoms in total. The molecule has 0 fully saturated rings. The number of hydrogen-bond donors (Lipinski definition) is 3. The summed E-state index contributed by atoms with van der Waals surface area (Å²) in [6.07, 6.45) is 0.834. The van der Waals surface area contributed by atoms with Gasteiger partial charge in [-0.05, 0) is 54.4 Å². The van der Waals surface area contributed by atoms with Crippen molar-refractivity contribution in [2.24, 2.45) is 0 Å². The Bertz CT molecular complexity index is 1230. The summed E-state index contributed by atoms with van der Waals surface area (Å²) in [6.45, 7) is 2.64. The summed E-state index contributed by atoms with van der Waals surface area (Å²) >= 11 is 6.12. The van der Waals surface area contributed by atoms with Gasteiger partial charge in [0.15, 0.2) is 0 Å². The Labute approximate surface area is 198 Å². The Morgan fingerprint density at radius 3 is 2.21 bits per heavy atom. The molecule has 0 bridgehead atoms. The Kier molecular flexibility index (Phi) is 8.21. The molecule has 9 heteroatoms. The van der Waals surface area contributed by atoms with E-state index in [0.29, 0.717) is 17.8 Å². The number of carbonyl (C=O) groups is 2. The largest absolute Gasteiger partial charge is 0.352 e. The molecule has 3 aromatic carbocycles. The number of benzene rings is 3. The van der Waals surface area contributed by atoms with E-state index >= 15 is 0 Å². The number of anilines is 1. The molecule has 0 aliphatic carbocycles. The lowest BCUT2D eigenvalue weighted by Gasteiger charge is -2.11. The summed E-state index contributed by atoms with van der Waals surface area (Å²) < 4.78 is 28.0. The molecule has 3 aromatic rings. The van der Waals surface area contributed by atoms with Crippen LogP contribution in [0.2, 0.25) is 5.02 Å². The zero-order chi connectivity index (χ0) is 23.8. The molecule has 0 spiro atoms. The highest BCUT2D eigenvalue weighted by Crippen LogP contribution is 2.23. The number of hydrogen-bond acceptors (Lipinski definition) is 4. The van der Waals surface area contributed by atoms with Gasteiger partial charge in [0.1, 0.15) is 4.90 Å². The molecule has 172 valence electrons. The van der Waals surface area contributed by atoms with E-state index < -0.39 is 15.9 Å². The topological polar surface area (TPSA) is 104 Å². The molecular weight excluding hydrogens is 462 g/mol. The average molecular weight is 486 g/mol. The molecule has 0 saturated carbocycles. The van der Waals surface area contributed by atoms with Crippen LogP contribution in [0, 0.1) is 0 Å². The number of rotatable bonds is 9. The van der Waals surface area contributed by atoms with Gasteiger partial charge in [0.2, 0.25) is 10.0 Å². The van der Waals surface area contributed by atoms with E-state index in [0.717, 1.165) is 12.0 Å². The highest BCUT2D eigenvalue weighted by Gasteiger charge is 2.20. The Hall–Kier alpha value is -3.20. The number of amides is 2. The van der Waals surface area contributed by atoms with Crippen LogP contribution in [0.5, 0.6) is 0 Å². The van der Waals surface area contributed by atoms with Gasteiger partial charge < -0.3 is 10.6 Å². The van der Waals surface area contributed by atoms with Crippen molar-refractivity contribution >= 4 is 39.1 Å². The fraction of sp³-hybridized carbons (Fsp3) is 0.167.